The van der Waals surface area contributed by atoms with E-state index in [0.29, 0.717) is 28.3 Å². The maximum absolute atomic E-state index is 13.0. The molecule has 33 heavy (non-hydrogen) atoms. The molecular formula is C26H17N3O4. The maximum Gasteiger partial charge on any atom is 0.266 e. The first kappa shape index (κ1) is 20.1. The molecule has 4 aromatic rings. The van der Waals surface area contributed by atoms with E-state index in [9.17, 15) is 14.4 Å². The van der Waals surface area contributed by atoms with Crippen LogP contribution in [0, 0.1) is 0 Å². The summed E-state index contributed by atoms with van der Waals surface area (Å²) in [6.07, 6.45) is 1.54. The van der Waals surface area contributed by atoms with E-state index < -0.39 is 17.7 Å². The van der Waals surface area contributed by atoms with Crippen LogP contribution < -0.4 is 15.0 Å². The van der Waals surface area contributed by atoms with Crippen LogP contribution in [-0.2, 0) is 0 Å². The van der Waals surface area contributed by atoms with Gasteiger partial charge in [0.05, 0.1) is 16.8 Å². The van der Waals surface area contributed by atoms with Crippen molar-refractivity contribution >= 4 is 29.1 Å². The number of hydrogen-bond donors (Lipinski definition) is 1. The first-order valence-electron chi connectivity index (χ1n) is 10.2. The van der Waals surface area contributed by atoms with Gasteiger partial charge in [-0.1, -0.05) is 36.4 Å². The number of rotatable bonds is 5. The minimum Gasteiger partial charge on any atom is -0.438 e. The number of imide groups is 1. The molecule has 3 aromatic carbocycles. The quantitative estimate of drug-likeness (QED) is 0.449. The summed E-state index contributed by atoms with van der Waals surface area (Å²) in [6.45, 7) is 0. The summed E-state index contributed by atoms with van der Waals surface area (Å²) in [6, 6.07) is 25.5. The zero-order valence-corrected chi connectivity index (χ0v) is 17.3. The number of hydrogen-bond acceptors (Lipinski definition) is 5. The fourth-order valence-corrected chi connectivity index (χ4v) is 3.59. The number of aromatic nitrogens is 1. The van der Waals surface area contributed by atoms with Crippen LogP contribution in [0.2, 0.25) is 0 Å². The Morgan fingerprint density at radius 1 is 0.788 bits per heavy atom. The van der Waals surface area contributed by atoms with Crippen LogP contribution in [0.25, 0.3) is 0 Å². The van der Waals surface area contributed by atoms with Gasteiger partial charge in [0.15, 0.2) is 0 Å². The fourth-order valence-electron chi connectivity index (χ4n) is 3.59. The molecule has 0 fully saturated rings. The zero-order chi connectivity index (χ0) is 22.8. The second-order valence-corrected chi connectivity index (χ2v) is 7.27. The highest BCUT2D eigenvalue weighted by molar-refractivity contribution is 6.34. The van der Waals surface area contributed by atoms with Crippen molar-refractivity contribution in [3.05, 3.63) is 114 Å². The third kappa shape index (κ3) is 3.83. The molecular weight excluding hydrogens is 418 g/mol. The first-order chi connectivity index (χ1) is 16.1. The lowest BCUT2D eigenvalue weighted by Gasteiger charge is -2.15. The molecule has 0 saturated carbocycles. The SMILES string of the molecule is O=C(Nc1cccc(N2C(=O)c3ccccc3C2=O)c1)c1cccnc1Oc1ccccc1. The normalized spacial score (nSPS) is 12.4. The molecule has 1 N–H and O–H groups in total. The van der Waals surface area contributed by atoms with Crippen molar-refractivity contribution in [3.63, 3.8) is 0 Å². The molecule has 1 aromatic heterocycles. The smallest absolute Gasteiger partial charge is 0.266 e. The predicted octanol–water partition coefficient (Wildman–Crippen LogP) is 4.93. The van der Waals surface area contributed by atoms with Gasteiger partial charge in [-0.3, -0.25) is 14.4 Å². The van der Waals surface area contributed by atoms with E-state index in [1.165, 1.54) is 6.20 Å². The van der Waals surface area contributed by atoms with Gasteiger partial charge in [-0.15, -0.1) is 0 Å². The monoisotopic (exact) mass is 435 g/mol. The number of amides is 3. The summed E-state index contributed by atoms with van der Waals surface area (Å²) in [4.78, 5) is 43.8. The number of ether oxygens (including phenoxy) is 1. The Balaban J connectivity index is 1.39. The van der Waals surface area contributed by atoms with Crippen LogP contribution >= 0.6 is 0 Å². The third-order valence-corrected chi connectivity index (χ3v) is 5.13. The molecule has 0 atom stereocenters. The summed E-state index contributed by atoms with van der Waals surface area (Å²) in [5.74, 6) is -0.515. The van der Waals surface area contributed by atoms with Crippen LogP contribution in [0.1, 0.15) is 31.1 Å². The summed E-state index contributed by atoms with van der Waals surface area (Å²) in [5, 5.41) is 2.79. The molecule has 5 rings (SSSR count). The maximum atomic E-state index is 13.0. The standard InChI is InChI=1S/C26H17N3O4/c30-23(22-14-7-15-27-24(22)33-19-10-2-1-3-11-19)28-17-8-6-9-18(16-17)29-25(31)20-12-4-5-13-21(20)26(29)32/h1-16H,(H,28,30). The average molecular weight is 435 g/mol. The van der Waals surface area contributed by atoms with Gasteiger partial charge in [-0.2, -0.15) is 0 Å². The Hall–Kier alpha value is -4.78. The van der Waals surface area contributed by atoms with Crippen LogP contribution in [0.3, 0.4) is 0 Å². The highest BCUT2D eigenvalue weighted by Crippen LogP contribution is 2.30. The van der Waals surface area contributed by atoms with Gasteiger partial charge >= 0.3 is 0 Å². The Kier molecular flexibility index (Phi) is 5.12. The van der Waals surface area contributed by atoms with Gasteiger partial charge in [0.2, 0.25) is 5.88 Å². The van der Waals surface area contributed by atoms with Crippen molar-refractivity contribution in [2.24, 2.45) is 0 Å². The van der Waals surface area contributed by atoms with E-state index in [1.807, 2.05) is 18.2 Å². The Morgan fingerprint density at radius 3 is 2.21 bits per heavy atom. The van der Waals surface area contributed by atoms with E-state index in [4.69, 9.17) is 4.74 Å². The van der Waals surface area contributed by atoms with Crippen LogP contribution in [0.5, 0.6) is 11.6 Å². The molecule has 0 aliphatic carbocycles. The summed E-state index contributed by atoms with van der Waals surface area (Å²) < 4.78 is 5.77. The predicted molar refractivity (Wildman–Crippen MR) is 123 cm³/mol. The molecule has 1 aliphatic heterocycles. The van der Waals surface area contributed by atoms with Gasteiger partial charge in [0.1, 0.15) is 11.3 Å². The minimum absolute atomic E-state index is 0.165. The third-order valence-electron chi connectivity index (χ3n) is 5.13. The highest BCUT2D eigenvalue weighted by atomic mass is 16.5. The van der Waals surface area contributed by atoms with Crippen LogP contribution in [-0.4, -0.2) is 22.7 Å². The number of para-hydroxylation sites is 1. The van der Waals surface area contributed by atoms with Crippen LogP contribution in [0.15, 0.2) is 97.2 Å². The molecule has 0 radical (unpaired) electrons. The summed E-state index contributed by atoms with van der Waals surface area (Å²) in [5.41, 5.74) is 1.74. The van der Waals surface area contributed by atoms with Gasteiger partial charge in [0.25, 0.3) is 17.7 Å². The largest absolute Gasteiger partial charge is 0.438 e. The highest BCUT2D eigenvalue weighted by Gasteiger charge is 2.36. The van der Waals surface area contributed by atoms with E-state index in [2.05, 4.69) is 10.3 Å². The lowest BCUT2D eigenvalue weighted by atomic mass is 10.1. The summed E-state index contributed by atoms with van der Waals surface area (Å²) in [7, 11) is 0. The molecule has 1 aliphatic rings. The number of carbonyl (C=O) groups excluding carboxylic acids is 3. The van der Waals surface area contributed by atoms with Gasteiger partial charge in [-0.05, 0) is 54.6 Å². The summed E-state index contributed by atoms with van der Waals surface area (Å²) >= 11 is 0. The lowest BCUT2D eigenvalue weighted by Crippen LogP contribution is -2.29. The number of carbonyl (C=O) groups is 3. The molecule has 0 unspecified atom stereocenters. The van der Waals surface area contributed by atoms with Gasteiger partial charge in [-0.25, -0.2) is 9.88 Å². The average Bonchev–Trinajstić information content (AvgIpc) is 3.10. The number of nitrogens with one attached hydrogen (secondary N) is 1. The fraction of sp³-hybridized carbons (Fsp3) is 0. The Morgan fingerprint density at radius 2 is 1.48 bits per heavy atom. The number of pyridine rings is 1. The van der Waals surface area contributed by atoms with Crippen molar-refractivity contribution in [1.82, 2.24) is 4.98 Å². The topological polar surface area (TPSA) is 88.6 Å². The molecule has 0 saturated heterocycles. The molecule has 160 valence electrons. The number of benzene rings is 3. The van der Waals surface area contributed by atoms with Crippen molar-refractivity contribution in [3.8, 4) is 11.6 Å². The van der Waals surface area contributed by atoms with E-state index in [0.717, 1.165) is 4.90 Å². The Bertz CT molecular complexity index is 1350. The molecule has 0 spiro atoms. The zero-order valence-electron chi connectivity index (χ0n) is 17.3. The van der Waals surface area contributed by atoms with E-state index in [1.54, 1.807) is 72.8 Å². The molecule has 7 heteroatoms. The van der Waals surface area contributed by atoms with Gasteiger partial charge in [0, 0.05) is 11.9 Å². The van der Waals surface area contributed by atoms with Crippen molar-refractivity contribution in [2.45, 2.75) is 0 Å². The molecule has 3 amide bonds. The molecule has 0 bridgehead atoms. The van der Waals surface area contributed by atoms with Crippen molar-refractivity contribution < 1.29 is 19.1 Å². The molecule has 2 heterocycles. The lowest BCUT2D eigenvalue weighted by molar-refractivity contribution is 0.0925. The Labute approximate surface area is 189 Å². The van der Waals surface area contributed by atoms with E-state index in [-0.39, 0.29) is 11.4 Å². The first-order valence-corrected chi connectivity index (χ1v) is 10.2. The minimum atomic E-state index is -0.437. The van der Waals surface area contributed by atoms with Crippen molar-refractivity contribution in [2.75, 3.05) is 10.2 Å². The van der Waals surface area contributed by atoms with E-state index >= 15 is 0 Å². The van der Waals surface area contributed by atoms with Gasteiger partial charge < -0.3 is 10.1 Å². The number of anilines is 2. The molecule has 7 nitrogen and oxygen atoms in total. The van der Waals surface area contributed by atoms with Crippen molar-refractivity contribution in [1.29, 1.82) is 0 Å². The van der Waals surface area contributed by atoms with Crippen LogP contribution in [0.4, 0.5) is 11.4 Å². The number of nitrogens with zero attached hydrogens (tertiary/aromatic N) is 2. The number of fused-ring (bicyclic) bond motifs is 1. The second kappa shape index (κ2) is 8.39. The second-order valence-electron chi connectivity index (χ2n) is 7.27.